The number of rotatable bonds is 6. The number of hydrogen-bond donors (Lipinski definition) is 1. The topological polar surface area (TPSA) is 76.2 Å². The molecule has 2 saturated heterocycles. The highest BCUT2D eigenvalue weighted by atomic mass is 19.1. The molecule has 0 spiro atoms. The van der Waals surface area contributed by atoms with Gasteiger partial charge >= 0.3 is 6.03 Å². The van der Waals surface area contributed by atoms with Crippen molar-refractivity contribution in [3.05, 3.63) is 107 Å². The molecule has 2 aliphatic heterocycles. The van der Waals surface area contributed by atoms with Gasteiger partial charge in [0.1, 0.15) is 23.8 Å². The number of hydrazine groups is 1. The number of carbonyl (C=O) groups is 3. The Morgan fingerprint density at radius 1 is 0.949 bits per heavy atom. The van der Waals surface area contributed by atoms with Gasteiger partial charge in [0, 0.05) is 38.2 Å². The number of fused-ring (bicyclic) bond motifs is 1. The molecule has 5 rings (SSSR count). The van der Waals surface area contributed by atoms with Crippen molar-refractivity contribution in [3.8, 4) is 0 Å². The average Bonchev–Trinajstić information content (AvgIpc) is 2.92. The van der Waals surface area contributed by atoms with Crippen LogP contribution in [0.2, 0.25) is 0 Å². The van der Waals surface area contributed by atoms with Crippen LogP contribution in [0.15, 0.2) is 78.9 Å². The van der Waals surface area contributed by atoms with E-state index in [4.69, 9.17) is 0 Å². The number of piperazine rings is 1. The average molecular weight is 534 g/mol. The van der Waals surface area contributed by atoms with Crippen LogP contribution in [-0.4, -0.2) is 70.0 Å². The third kappa shape index (κ3) is 5.61. The number of carbonyl (C=O) groups excluding carboxylic acids is 3. The highest BCUT2D eigenvalue weighted by molar-refractivity contribution is 5.91. The normalized spacial score (nSPS) is 19.7. The second-order valence-electron chi connectivity index (χ2n) is 9.75. The van der Waals surface area contributed by atoms with Gasteiger partial charge in [-0.05, 0) is 17.2 Å². The van der Waals surface area contributed by atoms with E-state index >= 15 is 0 Å². The Morgan fingerprint density at radius 2 is 1.62 bits per heavy atom. The minimum atomic E-state index is -0.903. The Hall–Kier alpha value is -4.31. The first-order chi connectivity index (χ1) is 18.8. The predicted molar refractivity (Wildman–Crippen MR) is 139 cm³/mol. The van der Waals surface area contributed by atoms with Gasteiger partial charge in [-0.2, -0.15) is 0 Å². The van der Waals surface area contributed by atoms with Crippen molar-refractivity contribution in [2.75, 3.05) is 20.1 Å². The second-order valence-corrected chi connectivity index (χ2v) is 9.75. The van der Waals surface area contributed by atoms with Crippen molar-refractivity contribution in [2.45, 2.75) is 31.7 Å². The molecule has 0 saturated carbocycles. The smallest absolute Gasteiger partial charge is 0.333 e. The molecular formula is C29H29F2N5O3. The lowest BCUT2D eigenvalue weighted by Gasteiger charge is -2.54. The molecule has 2 aliphatic rings. The Bertz CT molecular complexity index is 1360. The van der Waals surface area contributed by atoms with Crippen molar-refractivity contribution in [2.24, 2.45) is 0 Å². The van der Waals surface area contributed by atoms with Gasteiger partial charge in [-0.25, -0.2) is 23.6 Å². The summed E-state index contributed by atoms with van der Waals surface area (Å²) in [4.78, 5) is 43.5. The van der Waals surface area contributed by atoms with Crippen LogP contribution in [0.1, 0.15) is 16.7 Å². The van der Waals surface area contributed by atoms with Crippen LogP contribution in [0.4, 0.5) is 13.6 Å². The third-order valence-electron chi connectivity index (χ3n) is 7.08. The molecule has 0 unspecified atom stereocenters. The molecular weight excluding hydrogens is 504 g/mol. The molecule has 2 atom stereocenters. The van der Waals surface area contributed by atoms with E-state index < -0.39 is 29.9 Å². The van der Waals surface area contributed by atoms with Crippen LogP contribution in [0.3, 0.4) is 0 Å². The highest BCUT2D eigenvalue weighted by Gasteiger charge is 2.50. The summed E-state index contributed by atoms with van der Waals surface area (Å²) in [7, 11) is 1.64. The number of benzene rings is 3. The molecule has 1 N–H and O–H groups in total. The lowest BCUT2D eigenvalue weighted by molar-refractivity contribution is -0.187. The Balaban J connectivity index is 1.46. The first-order valence-corrected chi connectivity index (χ1v) is 12.7. The van der Waals surface area contributed by atoms with Gasteiger partial charge in [-0.15, -0.1) is 0 Å². The van der Waals surface area contributed by atoms with Crippen molar-refractivity contribution in [1.29, 1.82) is 0 Å². The Morgan fingerprint density at radius 3 is 2.28 bits per heavy atom. The van der Waals surface area contributed by atoms with Crippen LogP contribution >= 0.6 is 0 Å². The molecule has 4 amide bonds. The number of likely N-dealkylation sites (N-methyl/N-ethyl adjacent to an activating group) is 1. The van der Waals surface area contributed by atoms with E-state index in [2.05, 4.69) is 5.32 Å². The number of halogens is 2. The fraction of sp³-hybridized carbons (Fsp3) is 0.276. The summed E-state index contributed by atoms with van der Waals surface area (Å²) in [6, 6.07) is 20.6. The van der Waals surface area contributed by atoms with Crippen molar-refractivity contribution in [1.82, 2.24) is 25.1 Å². The van der Waals surface area contributed by atoms with Gasteiger partial charge < -0.3 is 15.1 Å². The maximum absolute atomic E-state index is 14.6. The largest absolute Gasteiger partial charge is 0.334 e. The Labute approximate surface area is 225 Å². The van der Waals surface area contributed by atoms with E-state index in [1.54, 1.807) is 7.05 Å². The minimum Gasteiger partial charge on any atom is -0.333 e. The van der Waals surface area contributed by atoms with E-state index in [9.17, 15) is 23.2 Å². The highest BCUT2D eigenvalue weighted by Crippen LogP contribution is 2.29. The molecule has 0 bridgehead atoms. The SMILES string of the molecule is CN1CC(=O)N2[C@@H](Cc3ccccc3)C(=O)N(Cc3ccc(F)cc3F)C[C@@H]2N1C(=O)NCc1ccccc1. The zero-order valence-electron chi connectivity index (χ0n) is 21.5. The number of nitrogens with zero attached hydrogens (tertiary/aromatic N) is 4. The summed E-state index contributed by atoms with van der Waals surface area (Å²) < 4.78 is 28.1. The molecule has 2 heterocycles. The van der Waals surface area contributed by atoms with Gasteiger partial charge in [0.25, 0.3) is 0 Å². The first-order valence-electron chi connectivity index (χ1n) is 12.7. The fourth-order valence-corrected chi connectivity index (χ4v) is 5.19. The molecule has 0 aliphatic carbocycles. The van der Waals surface area contributed by atoms with Gasteiger partial charge in [0.05, 0.1) is 13.1 Å². The zero-order chi connectivity index (χ0) is 27.5. The van der Waals surface area contributed by atoms with Crippen LogP contribution in [0.5, 0.6) is 0 Å². The number of amides is 4. The minimum absolute atomic E-state index is 0.0320. The van der Waals surface area contributed by atoms with Crippen molar-refractivity contribution < 1.29 is 23.2 Å². The number of urea groups is 1. The van der Waals surface area contributed by atoms with Crippen LogP contribution < -0.4 is 5.32 Å². The van der Waals surface area contributed by atoms with Crippen LogP contribution in [0, 0.1) is 11.6 Å². The third-order valence-corrected chi connectivity index (χ3v) is 7.08. The van der Waals surface area contributed by atoms with Crippen LogP contribution in [-0.2, 0) is 29.1 Å². The molecule has 0 aromatic heterocycles. The van der Waals surface area contributed by atoms with Crippen molar-refractivity contribution in [3.63, 3.8) is 0 Å². The Kier molecular flexibility index (Phi) is 7.56. The fourth-order valence-electron chi connectivity index (χ4n) is 5.19. The zero-order valence-corrected chi connectivity index (χ0v) is 21.5. The van der Waals surface area contributed by atoms with E-state index in [-0.39, 0.29) is 50.0 Å². The molecule has 8 nitrogen and oxygen atoms in total. The van der Waals surface area contributed by atoms with E-state index in [0.717, 1.165) is 23.3 Å². The van der Waals surface area contributed by atoms with Crippen molar-refractivity contribution >= 4 is 17.8 Å². The number of hydrogen-bond acceptors (Lipinski definition) is 4. The molecule has 3 aromatic rings. The van der Waals surface area contributed by atoms with Gasteiger partial charge in [0.2, 0.25) is 11.8 Å². The molecule has 2 fully saturated rings. The monoisotopic (exact) mass is 533 g/mol. The predicted octanol–water partition coefficient (Wildman–Crippen LogP) is 3.15. The molecule has 202 valence electrons. The standard InChI is InChI=1S/C29H29F2N5O3/c1-33-19-27(37)35-25(14-20-8-4-2-5-9-20)28(38)34(17-22-12-13-23(30)15-24(22)31)18-26(35)36(33)29(39)32-16-21-10-6-3-7-11-21/h2-13,15,25-26H,14,16-19H2,1H3,(H,32,39)/t25-,26-/m0/s1. The van der Waals surface area contributed by atoms with E-state index in [0.29, 0.717) is 0 Å². The summed E-state index contributed by atoms with van der Waals surface area (Å²) >= 11 is 0. The molecule has 3 aromatic carbocycles. The van der Waals surface area contributed by atoms with Gasteiger partial charge in [0.15, 0.2) is 0 Å². The van der Waals surface area contributed by atoms with E-state index in [1.807, 2.05) is 60.7 Å². The maximum Gasteiger partial charge on any atom is 0.334 e. The maximum atomic E-state index is 14.6. The molecule has 0 radical (unpaired) electrons. The summed E-state index contributed by atoms with van der Waals surface area (Å²) in [6.45, 7) is 0.0374. The van der Waals surface area contributed by atoms with E-state index in [1.165, 1.54) is 25.9 Å². The van der Waals surface area contributed by atoms with Gasteiger partial charge in [-0.3, -0.25) is 9.59 Å². The van der Waals surface area contributed by atoms with Gasteiger partial charge in [-0.1, -0.05) is 66.7 Å². The summed E-state index contributed by atoms with van der Waals surface area (Å²) in [5, 5.41) is 5.89. The second kappa shape index (κ2) is 11.2. The molecule has 10 heteroatoms. The summed E-state index contributed by atoms with van der Waals surface area (Å²) in [5.41, 5.74) is 1.90. The molecule has 39 heavy (non-hydrogen) atoms. The number of nitrogens with one attached hydrogen (secondary N) is 1. The summed E-state index contributed by atoms with van der Waals surface area (Å²) in [6.07, 6.45) is -0.588. The quantitative estimate of drug-likeness (QED) is 0.529. The first kappa shape index (κ1) is 26.3. The lowest BCUT2D eigenvalue weighted by atomic mass is 9.98. The lowest BCUT2D eigenvalue weighted by Crippen LogP contribution is -2.76. The summed E-state index contributed by atoms with van der Waals surface area (Å²) in [5.74, 6) is -2.12. The van der Waals surface area contributed by atoms with Crippen LogP contribution in [0.25, 0.3) is 0 Å².